The van der Waals surface area contributed by atoms with Crippen molar-refractivity contribution in [3.05, 3.63) is 65.6 Å². The summed E-state index contributed by atoms with van der Waals surface area (Å²) in [5, 5.41) is 12.3. The fourth-order valence-corrected chi connectivity index (χ4v) is 4.85. The van der Waals surface area contributed by atoms with Gasteiger partial charge in [-0.2, -0.15) is 14.6 Å². The van der Waals surface area contributed by atoms with Gasteiger partial charge in [-0.3, -0.25) is 15.1 Å². The summed E-state index contributed by atoms with van der Waals surface area (Å²) in [6, 6.07) is 9.55. The van der Waals surface area contributed by atoms with Crippen LogP contribution >= 0.6 is 0 Å². The number of pyridine rings is 1. The molecule has 2 aliphatic rings. The van der Waals surface area contributed by atoms with Crippen molar-refractivity contribution >= 4 is 17.8 Å². The van der Waals surface area contributed by atoms with Crippen molar-refractivity contribution in [1.29, 1.82) is 0 Å². The first kappa shape index (κ1) is 28.3. The minimum Gasteiger partial charge on any atom is -0.479 e. The number of urea groups is 1. The maximum Gasteiger partial charge on any atom is 0.320 e. The number of aromatic nitrogens is 3. The van der Waals surface area contributed by atoms with Gasteiger partial charge >= 0.3 is 6.03 Å². The van der Waals surface area contributed by atoms with Crippen LogP contribution in [0.4, 0.5) is 19.4 Å². The van der Waals surface area contributed by atoms with Crippen LogP contribution in [0.1, 0.15) is 12.0 Å². The molecular weight excluding hydrogens is 536 g/mol. The Morgan fingerprint density at radius 3 is 2.73 bits per heavy atom. The number of anilines is 1. The van der Waals surface area contributed by atoms with Gasteiger partial charge in [-0.1, -0.05) is 18.2 Å². The summed E-state index contributed by atoms with van der Waals surface area (Å²) in [5.74, 6) is -0.928. The molecule has 0 bridgehead atoms. The number of nitrogens with one attached hydrogen (secondary N) is 2. The second-order valence-electron chi connectivity index (χ2n) is 9.57. The molecule has 1 fully saturated rings. The van der Waals surface area contributed by atoms with Gasteiger partial charge in [0.1, 0.15) is 11.9 Å². The Bertz CT molecular complexity index is 1460. The number of amides is 2. The largest absolute Gasteiger partial charge is 0.479 e. The van der Waals surface area contributed by atoms with Gasteiger partial charge in [0.2, 0.25) is 11.8 Å². The molecule has 13 heteroatoms. The molecule has 0 unspecified atom stereocenters. The van der Waals surface area contributed by atoms with Crippen molar-refractivity contribution in [2.45, 2.75) is 25.5 Å². The normalized spacial score (nSPS) is 19.0. The van der Waals surface area contributed by atoms with Gasteiger partial charge in [0.15, 0.2) is 5.82 Å². The summed E-state index contributed by atoms with van der Waals surface area (Å²) >= 11 is 0. The predicted molar refractivity (Wildman–Crippen MR) is 148 cm³/mol. The van der Waals surface area contributed by atoms with Gasteiger partial charge in [-0.25, -0.2) is 18.9 Å². The van der Waals surface area contributed by atoms with E-state index in [0.717, 1.165) is 0 Å². The fourth-order valence-electron chi connectivity index (χ4n) is 4.85. The first-order chi connectivity index (χ1) is 19.9. The number of nitrogens with zero attached hydrogens (tertiary/aromatic N) is 5. The van der Waals surface area contributed by atoms with E-state index in [-0.39, 0.29) is 5.88 Å². The van der Waals surface area contributed by atoms with Crippen molar-refractivity contribution in [2.75, 3.05) is 45.8 Å². The molecule has 11 nitrogen and oxygen atoms in total. The highest BCUT2D eigenvalue weighted by molar-refractivity contribution is 5.91. The Balaban J connectivity index is 1.43. The van der Waals surface area contributed by atoms with Gasteiger partial charge in [-0.15, -0.1) is 0 Å². The van der Waals surface area contributed by atoms with Crippen LogP contribution in [-0.4, -0.2) is 84.4 Å². The second kappa shape index (κ2) is 12.5. The Morgan fingerprint density at radius 2 is 2.02 bits per heavy atom. The Labute approximate surface area is 235 Å². The zero-order valence-corrected chi connectivity index (χ0v) is 22.9. The van der Waals surface area contributed by atoms with E-state index in [4.69, 9.17) is 19.4 Å². The van der Waals surface area contributed by atoms with Crippen LogP contribution in [0.25, 0.3) is 16.9 Å². The lowest BCUT2D eigenvalue weighted by Gasteiger charge is -2.23. The maximum absolute atomic E-state index is 14.5. The first-order valence-electron chi connectivity index (χ1n) is 13.1. The number of rotatable bonds is 9. The van der Waals surface area contributed by atoms with E-state index in [0.29, 0.717) is 66.6 Å². The zero-order valence-electron chi connectivity index (χ0n) is 22.9. The molecule has 4 heterocycles. The second-order valence-corrected chi connectivity index (χ2v) is 9.57. The Morgan fingerprint density at radius 1 is 1.22 bits per heavy atom. The van der Waals surface area contributed by atoms with Gasteiger partial charge in [0.25, 0.3) is 0 Å². The fraction of sp³-hybridized carbons (Fsp3) is 0.357. The highest BCUT2D eigenvalue weighted by Crippen LogP contribution is 2.32. The van der Waals surface area contributed by atoms with Crippen molar-refractivity contribution < 1.29 is 27.9 Å². The molecule has 2 aliphatic heterocycles. The lowest BCUT2D eigenvalue weighted by Crippen LogP contribution is -2.46. The number of ether oxygens (including phenoxy) is 2. The van der Waals surface area contributed by atoms with Crippen LogP contribution < -0.4 is 15.4 Å². The number of benzene rings is 1. The third kappa shape index (κ3) is 6.26. The molecule has 41 heavy (non-hydrogen) atoms. The molecule has 3 aromatic rings. The summed E-state index contributed by atoms with van der Waals surface area (Å²) in [4.78, 5) is 27.3. The van der Waals surface area contributed by atoms with Crippen molar-refractivity contribution in [3.63, 3.8) is 0 Å². The standard InChI is InChI=1S/C28H31F2N7O4/c1-17-24(19-13-21(29)27(40-3)32-15-19)35-37(20-7-5-4-6-8-20)26(17)34-28(38)33-22-16-36(11-12-39-2)41-25(22)18-9-10-31-23(30)14-18/h4-8,13-15,22,25H,9-12,16H2,1-3H3,(H2,33,34,38)/t22-,25+/m1/s1. The van der Waals surface area contributed by atoms with Crippen LogP contribution in [0.15, 0.2) is 59.2 Å². The quantitative estimate of drug-likeness (QED) is 0.404. The van der Waals surface area contributed by atoms with Gasteiger partial charge < -0.3 is 14.8 Å². The Hall–Kier alpha value is -4.20. The third-order valence-corrected chi connectivity index (χ3v) is 6.85. The van der Waals surface area contributed by atoms with Crippen LogP contribution in [-0.2, 0) is 9.57 Å². The van der Waals surface area contributed by atoms with E-state index in [1.807, 2.05) is 30.3 Å². The highest BCUT2D eigenvalue weighted by atomic mass is 19.1. The summed E-state index contributed by atoms with van der Waals surface area (Å²) in [6.07, 6.45) is 2.78. The smallest absolute Gasteiger partial charge is 0.320 e. The van der Waals surface area contributed by atoms with Gasteiger partial charge in [0, 0.05) is 44.1 Å². The lowest BCUT2D eigenvalue weighted by atomic mass is 9.98. The first-order valence-corrected chi connectivity index (χ1v) is 13.1. The van der Waals surface area contributed by atoms with E-state index >= 15 is 0 Å². The van der Waals surface area contributed by atoms with Gasteiger partial charge in [-0.05, 0) is 43.2 Å². The summed E-state index contributed by atoms with van der Waals surface area (Å²) in [5.41, 5.74) is 2.86. The number of hydroxylamine groups is 2. The summed E-state index contributed by atoms with van der Waals surface area (Å²) in [6.45, 7) is 3.37. The monoisotopic (exact) mass is 567 g/mol. The number of carbonyl (C=O) groups excluding carboxylic acids is 1. The molecule has 2 aromatic heterocycles. The van der Waals surface area contributed by atoms with Crippen LogP contribution in [0.3, 0.4) is 0 Å². The number of aliphatic imine (C=N–C) groups is 1. The minimum atomic E-state index is -0.630. The third-order valence-electron chi connectivity index (χ3n) is 6.85. The molecule has 0 saturated carbocycles. The van der Waals surface area contributed by atoms with Crippen molar-refractivity contribution in [3.8, 4) is 22.8 Å². The zero-order chi connectivity index (χ0) is 28.9. The molecule has 2 N–H and O–H groups in total. The molecule has 0 radical (unpaired) electrons. The molecule has 0 aliphatic carbocycles. The van der Waals surface area contributed by atoms with Gasteiger partial charge in [0.05, 0.1) is 31.1 Å². The van der Waals surface area contributed by atoms with E-state index in [1.165, 1.54) is 25.4 Å². The highest BCUT2D eigenvalue weighted by Gasteiger charge is 2.38. The molecule has 0 spiro atoms. The molecule has 2 atom stereocenters. The maximum atomic E-state index is 14.5. The molecule has 1 saturated heterocycles. The minimum absolute atomic E-state index is 0.126. The number of methoxy groups -OCH3 is 2. The van der Waals surface area contributed by atoms with E-state index in [9.17, 15) is 13.6 Å². The van der Waals surface area contributed by atoms with E-state index in [1.54, 1.807) is 23.8 Å². The topological polar surface area (TPSA) is 115 Å². The predicted octanol–water partition coefficient (Wildman–Crippen LogP) is 3.84. The van der Waals surface area contributed by atoms with Crippen LogP contribution in [0.5, 0.6) is 5.88 Å². The average Bonchev–Trinajstić information content (AvgIpc) is 3.52. The summed E-state index contributed by atoms with van der Waals surface area (Å²) in [7, 11) is 2.93. The average molecular weight is 568 g/mol. The molecular formula is C28H31F2N7O4. The van der Waals surface area contributed by atoms with Crippen molar-refractivity contribution in [1.82, 2.24) is 25.1 Å². The number of dihydropyridines is 1. The molecule has 5 rings (SSSR count). The Kier molecular flexibility index (Phi) is 8.67. The number of allylic oxidation sites excluding steroid dienone is 1. The molecule has 1 aromatic carbocycles. The van der Waals surface area contributed by atoms with Crippen LogP contribution in [0, 0.1) is 12.7 Å². The SMILES string of the molecule is COCCN1C[C@@H](NC(=O)Nc2c(C)c(-c3cnc(OC)c(F)c3)nn2-c2ccccc2)[C@H](C2=CC(F)=NCC2)O1. The van der Waals surface area contributed by atoms with Crippen molar-refractivity contribution in [2.24, 2.45) is 4.99 Å². The number of halogens is 2. The number of hydrogen-bond donors (Lipinski definition) is 2. The summed E-state index contributed by atoms with van der Waals surface area (Å²) < 4.78 is 40.1. The lowest BCUT2D eigenvalue weighted by molar-refractivity contribution is -0.142. The van der Waals surface area contributed by atoms with E-state index < -0.39 is 30.0 Å². The molecule has 216 valence electrons. The number of carbonyl (C=O) groups is 1. The van der Waals surface area contributed by atoms with E-state index in [2.05, 4.69) is 20.6 Å². The van der Waals surface area contributed by atoms with Crippen LogP contribution in [0.2, 0.25) is 0 Å². The molecule has 2 amide bonds. The number of para-hydroxylation sites is 1. The number of hydrogen-bond acceptors (Lipinski definition) is 8.